The van der Waals surface area contributed by atoms with Crippen molar-refractivity contribution in [3.63, 3.8) is 0 Å². The van der Waals surface area contributed by atoms with E-state index in [-0.39, 0.29) is 41.6 Å². The lowest BCUT2D eigenvalue weighted by Gasteiger charge is -2.74. The molecule has 0 aromatic carbocycles. The van der Waals surface area contributed by atoms with Crippen LogP contribution < -0.4 is 0 Å². The molecule has 0 bridgehead atoms. The molecule has 0 spiro atoms. The molecule has 328 valence electrons. The highest BCUT2D eigenvalue weighted by atomic mass is 16.7. The van der Waals surface area contributed by atoms with Crippen molar-refractivity contribution >= 4 is 5.97 Å². The zero-order valence-corrected chi connectivity index (χ0v) is 34.8. The van der Waals surface area contributed by atoms with Gasteiger partial charge in [0.1, 0.15) is 36.6 Å². The fourth-order valence-electron chi connectivity index (χ4n) is 14.7. The Labute approximate surface area is 336 Å². The van der Waals surface area contributed by atoms with E-state index in [9.17, 15) is 50.8 Å². The number of rotatable bonds is 6. The molecular weight excluding hydrogens is 744 g/mol. The second-order valence-corrected chi connectivity index (χ2v) is 21.0. The first-order valence-corrected chi connectivity index (χ1v) is 21.3. The third-order valence-corrected chi connectivity index (χ3v) is 17.5. The maximum Gasteiger partial charge on any atom is 0.303 e. The van der Waals surface area contributed by atoms with Gasteiger partial charge < -0.3 is 69.6 Å². The van der Waals surface area contributed by atoms with E-state index < -0.39 is 120 Å². The summed E-state index contributed by atoms with van der Waals surface area (Å²) in [6, 6.07) is 0. The minimum absolute atomic E-state index is 0.0435. The fraction of sp³-hybridized carbons (Fsp3) is 0.976. The monoisotopic (exact) mass is 814 g/mol. The Morgan fingerprint density at radius 3 is 2.02 bits per heavy atom. The Morgan fingerprint density at radius 1 is 0.719 bits per heavy atom. The van der Waals surface area contributed by atoms with Crippen LogP contribution in [0.5, 0.6) is 0 Å². The molecule has 22 atom stereocenters. The van der Waals surface area contributed by atoms with Crippen molar-refractivity contribution < 1.29 is 74.4 Å². The summed E-state index contributed by atoms with van der Waals surface area (Å²) in [5.41, 5.74) is -2.60. The van der Waals surface area contributed by atoms with E-state index in [0.717, 1.165) is 19.3 Å². The number of hydrogen-bond donors (Lipinski definition) is 9. The summed E-state index contributed by atoms with van der Waals surface area (Å²) >= 11 is 0. The quantitative estimate of drug-likeness (QED) is 0.132. The first kappa shape index (κ1) is 44.0. The summed E-state index contributed by atoms with van der Waals surface area (Å²) in [5, 5.41) is 99.9. The van der Waals surface area contributed by atoms with Crippen LogP contribution in [0, 0.1) is 56.7 Å². The van der Waals surface area contributed by atoms with Crippen molar-refractivity contribution in [2.24, 2.45) is 56.7 Å². The molecular formula is C42H70O15. The van der Waals surface area contributed by atoms with Gasteiger partial charge in [0.15, 0.2) is 18.7 Å². The zero-order chi connectivity index (χ0) is 41.9. The second-order valence-electron chi connectivity index (χ2n) is 21.0. The lowest BCUT2D eigenvalue weighted by Crippen LogP contribution is -2.72. The van der Waals surface area contributed by atoms with E-state index in [1.807, 2.05) is 13.8 Å². The normalized spacial score (nSPS) is 55.7. The van der Waals surface area contributed by atoms with Crippen LogP contribution in [0.4, 0.5) is 0 Å². The van der Waals surface area contributed by atoms with Crippen LogP contribution in [0.3, 0.4) is 0 Å². The Hall–Kier alpha value is -1.05. The van der Waals surface area contributed by atoms with Gasteiger partial charge in [-0.25, -0.2) is 0 Å². The van der Waals surface area contributed by atoms with Crippen LogP contribution in [0.25, 0.3) is 0 Å². The largest absolute Gasteiger partial charge is 0.457 e. The van der Waals surface area contributed by atoms with Gasteiger partial charge in [-0.2, -0.15) is 0 Å². The number of aliphatic hydroxyl groups is 9. The molecule has 15 heteroatoms. The van der Waals surface area contributed by atoms with Crippen molar-refractivity contribution in [2.45, 2.75) is 186 Å². The molecule has 0 aromatic heterocycles. The van der Waals surface area contributed by atoms with Gasteiger partial charge in [-0.1, -0.05) is 48.5 Å². The Bertz CT molecular complexity index is 1480. The highest BCUT2D eigenvalue weighted by molar-refractivity contribution is 5.66. The third kappa shape index (κ3) is 6.67. The molecule has 5 saturated carbocycles. The fourth-order valence-corrected chi connectivity index (χ4v) is 14.7. The van der Waals surface area contributed by atoms with Gasteiger partial charge in [-0.3, -0.25) is 4.79 Å². The smallest absolute Gasteiger partial charge is 0.303 e. The summed E-state index contributed by atoms with van der Waals surface area (Å²) in [5.74, 6) is -1.01. The van der Waals surface area contributed by atoms with Crippen molar-refractivity contribution in [2.75, 3.05) is 13.2 Å². The first-order chi connectivity index (χ1) is 26.4. The van der Waals surface area contributed by atoms with Gasteiger partial charge in [0, 0.05) is 6.92 Å². The summed E-state index contributed by atoms with van der Waals surface area (Å²) in [4.78, 5) is 11.7. The van der Waals surface area contributed by atoms with Gasteiger partial charge in [0.2, 0.25) is 0 Å². The van der Waals surface area contributed by atoms with E-state index in [2.05, 4.69) is 34.6 Å². The molecule has 7 rings (SSSR count). The lowest BCUT2D eigenvalue weighted by molar-refractivity contribution is -0.349. The summed E-state index contributed by atoms with van der Waals surface area (Å²) in [7, 11) is 0. The molecule has 0 radical (unpaired) electrons. The minimum Gasteiger partial charge on any atom is -0.457 e. The van der Waals surface area contributed by atoms with Crippen LogP contribution in [0.1, 0.15) is 100 Å². The number of aliphatic hydroxyl groups excluding tert-OH is 9. The number of esters is 1. The zero-order valence-electron chi connectivity index (χ0n) is 34.8. The molecule has 0 amide bonds. The maximum atomic E-state index is 12.3. The van der Waals surface area contributed by atoms with Crippen molar-refractivity contribution in [3.8, 4) is 0 Å². The summed E-state index contributed by atoms with van der Waals surface area (Å²) in [6.07, 6.45) is -12.3. The van der Waals surface area contributed by atoms with Gasteiger partial charge in [-0.05, 0) is 102 Å². The summed E-state index contributed by atoms with van der Waals surface area (Å²) < 4.78 is 30.2. The molecule has 9 N–H and O–H groups in total. The van der Waals surface area contributed by atoms with Crippen molar-refractivity contribution in [1.82, 2.24) is 0 Å². The average molecular weight is 815 g/mol. The van der Waals surface area contributed by atoms with Gasteiger partial charge in [-0.15, -0.1) is 0 Å². The van der Waals surface area contributed by atoms with E-state index in [1.165, 1.54) is 6.92 Å². The number of fused-ring (bicyclic) bond motifs is 7. The molecule has 0 aromatic rings. The van der Waals surface area contributed by atoms with E-state index >= 15 is 0 Å². The van der Waals surface area contributed by atoms with Crippen LogP contribution in [0.2, 0.25) is 0 Å². The number of carbonyl (C=O) groups is 1. The molecule has 15 nitrogen and oxygen atoms in total. The molecule has 4 unspecified atom stereocenters. The maximum absolute atomic E-state index is 12.3. The van der Waals surface area contributed by atoms with Crippen LogP contribution in [-0.4, -0.2) is 151 Å². The predicted octanol–water partition coefficient (Wildman–Crippen LogP) is 0.600. The van der Waals surface area contributed by atoms with E-state index in [4.69, 9.17) is 23.7 Å². The Balaban J connectivity index is 1.26. The standard InChI is InChI=1S/C42H70O15/c1-18(44)54-25-17-53-36(32(50)30(25)48)56-23-15-41(7)20(9-10-26-40(6)12-11-27(46)38(2,3)34(40)21(45)14-42(26,41)8)19-13-22(35(52)39(4,5)28(19)23)55-37-33(51)31(49)29(47)24(16-43)57-37/h19-37,43,45-52H,9-17H2,1-8H3/t19?,20-,21+,22-,23-,24-,25-,26-,27+,28+,29-,30-,31+,32+,33-,34?,35+,36?,37?,40-,41-,42-/m1/s1. The number of hydrogen-bond acceptors (Lipinski definition) is 15. The third-order valence-electron chi connectivity index (χ3n) is 17.5. The van der Waals surface area contributed by atoms with Crippen molar-refractivity contribution in [3.05, 3.63) is 0 Å². The topological polar surface area (TPSA) is 245 Å². The molecule has 5 aliphatic carbocycles. The van der Waals surface area contributed by atoms with Gasteiger partial charge in [0.25, 0.3) is 0 Å². The van der Waals surface area contributed by atoms with Crippen LogP contribution >= 0.6 is 0 Å². The molecule has 2 heterocycles. The van der Waals surface area contributed by atoms with Gasteiger partial charge in [0.05, 0.1) is 43.7 Å². The Morgan fingerprint density at radius 2 is 1.37 bits per heavy atom. The first-order valence-electron chi connectivity index (χ1n) is 21.3. The predicted molar refractivity (Wildman–Crippen MR) is 200 cm³/mol. The van der Waals surface area contributed by atoms with E-state index in [1.54, 1.807) is 0 Å². The number of carbonyl (C=O) groups excluding carboxylic acids is 1. The molecule has 2 aliphatic heterocycles. The van der Waals surface area contributed by atoms with Crippen molar-refractivity contribution in [1.29, 1.82) is 0 Å². The second kappa shape index (κ2) is 15.1. The SMILES string of the molecule is CC(=O)O[C@@H]1COC(O[C@@H]2C[C@]3(C)[C@H](CC[C@@H]4[C@@]5(C)CC[C@H](O)C(C)(C)C5[C@@H](O)C[C@]43C)C3C[C@@H](OC4O[C@H](CO)[C@@H](O)[C@H](O)[C@H]4O)[C@H](O)C(C)(C)[C@@H]32)[C@@H](O)[C@@H]1O. The molecule has 7 fully saturated rings. The number of ether oxygens (including phenoxy) is 5. The lowest BCUT2D eigenvalue weighted by atomic mass is 9.31. The molecule has 57 heavy (non-hydrogen) atoms. The summed E-state index contributed by atoms with van der Waals surface area (Å²) in [6.45, 7) is 15.3. The highest BCUT2D eigenvalue weighted by Crippen LogP contribution is 2.76. The van der Waals surface area contributed by atoms with E-state index in [0.29, 0.717) is 25.7 Å². The molecule has 7 aliphatic rings. The van der Waals surface area contributed by atoms with Crippen LogP contribution in [0.15, 0.2) is 0 Å². The van der Waals surface area contributed by atoms with Gasteiger partial charge >= 0.3 is 5.97 Å². The van der Waals surface area contributed by atoms with Crippen LogP contribution in [-0.2, 0) is 28.5 Å². The minimum atomic E-state index is -1.65. The Kier molecular flexibility index (Phi) is 11.7. The average Bonchev–Trinajstić information content (AvgIpc) is 3.12. The highest BCUT2D eigenvalue weighted by Gasteiger charge is 2.73. The molecule has 2 saturated heterocycles.